The summed E-state index contributed by atoms with van der Waals surface area (Å²) in [7, 11) is 0. The second-order valence-electron chi connectivity index (χ2n) is 6.47. The Morgan fingerprint density at radius 2 is 2.12 bits per heavy atom. The molecular weight excluding hydrogens is 212 g/mol. The van der Waals surface area contributed by atoms with Crippen molar-refractivity contribution in [1.29, 1.82) is 0 Å². The van der Waals surface area contributed by atoms with Crippen LogP contribution in [0.3, 0.4) is 0 Å². The van der Waals surface area contributed by atoms with E-state index in [0.717, 1.165) is 26.1 Å². The van der Waals surface area contributed by atoms with Gasteiger partial charge in [0.15, 0.2) is 0 Å². The normalized spacial score (nSPS) is 24.9. The summed E-state index contributed by atoms with van der Waals surface area (Å²) >= 11 is 0. The third kappa shape index (κ3) is 5.84. The first-order valence-electron chi connectivity index (χ1n) is 7.02. The zero-order valence-electron chi connectivity index (χ0n) is 12.0. The van der Waals surface area contributed by atoms with Gasteiger partial charge in [-0.1, -0.05) is 27.7 Å². The van der Waals surface area contributed by atoms with Crippen LogP contribution in [0.4, 0.5) is 0 Å². The minimum atomic E-state index is 0.189. The van der Waals surface area contributed by atoms with Gasteiger partial charge in [0.2, 0.25) is 0 Å². The third-order valence-corrected chi connectivity index (χ3v) is 3.42. The third-order valence-electron chi connectivity index (χ3n) is 3.42. The van der Waals surface area contributed by atoms with Gasteiger partial charge in [0.05, 0.1) is 12.7 Å². The fourth-order valence-electron chi connectivity index (χ4n) is 2.30. The molecule has 0 aromatic heterocycles. The largest absolute Gasteiger partial charge is 0.374 e. The topological polar surface area (TPSA) is 38.5 Å². The Balaban J connectivity index is 2.33. The molecule has 102 valence electrons. The molecule has 3 heteroatoms. The fourth-order valence-corrected chi connectivity index (χ4v) is 2.30. The van der Waals surface area contributed by atoms with Crippen LogP contribution in [0.2, 0.25) is 0 Å². The molecule has 1 heterocycles. The molecule has 0 bridgehead atoms. The molecule has 3 nitrogen and oxygen atoms in total. The first-order chi connectivity index (χ1) is 7.92. The van der Waals surface area contributed by atoms with Crippen LogP contribution in [0.5, 0.6) is 0 Å². The van der Waals surface area contributed by atoms with Gasteiger partial charge < -0.3 is 10.5 Å². The highest BCUT2D eigenvalue weighted by Crippen LogP contribution is 2.23. The maximum atomic E-state index is 6.26. The van der Waals surface area contributed by atoms with Crippen LogP contribution < -0.4 is 5.73 Å². The van der Waals surface area contributed by atoms with Gasteiger partial charge in [-0.05, 0) is 31.2 Å². The van der Waals surface area contributed by atoms with Crippen LogP contribution in [0.1, 0.15) is 47.0 Å². The summed E-state index contributed by atoms with van der Waals surface area (Å²) < 4.78 is 5.81. The molecule has 1 saturated heterocycles. The van der Waals surface area contributed by atoms with Crippen LogP contribution in [-0.4, -0.2) is 43.3 Å². The highest BCUT2D eigenvalue weighted by molar-refractivity contribution is 4.81. The second-order valence-corrected chi connectivity index (χ2v) is 6.47. The minimum absolute atomic E-state index is 0.189. The molecule has 17 heavy (non-hydrogen) atoms. The molecule has 0 amide bonds. The second kappa shape index (κ2) is 6.72. The van der Waals surface area contributed by atoms with Crippen molar-refractivity contribution in [2.45, 2.75) is 59.1 Å². The average molecular weight is 242 g/mol. The molecule has 2 N–H and O–H groups in total. The molecule has 1 aliphatic rings. The Labute approximate surface area is 107 Å². The van der Waals surface area contributed by atoms with E-state index in [1.54, 1.807) is 0 Å². The van der Waals surface area contributed by atoms with Crippen molar-refractivity contribution in [2.75, 3.05) is 26.2 Å². The predicted octanol–water partition coefficient (Wildman–Crippen LogP) is 2.25. The highest BCUT2D eigenvalue weighted by Gasteiger charge is 2.26. The van der Waals surface area contributed by atoms with Gasteiger partial charge in [0, 0.05) is 19.1 Å². The standard InChI is InChI=1S/C14H30N2O/c1-5-8-16-9-10-17-13(11-16)12(15)6-7-14(2,3)4/h12-13H,5-11,15H2,1-4H3. The van der Waals surface area contributed by atoms with Crippen LogP contribution in [0.15, 0.2) is 0 Å². The van der Waals surface area contributed by atoms with Gasteiger partial charge in [-0.3, -0.25) is 4.90 Å². The van der Waals surface area contributed by atoms with Crippen LogP contribution in [0.25, 0.3) is 0 Å². The summed E-state index contributed by atoms with van der Waals surface area (Å²) in [6, 6.07) is 0.189. The molecule has 0 radical (unpaired) electrons. The van der Waals surface area contributed by atoms with Gasteiger partial charge >= 0.3 is 0 Å². The summed E-state index contributed by atoms with van der Waals surface area (Å²) in [5, 5.41) is 0. The maximum absolute atomic E-state index is 6.26. The molecule has 1 fully saturated rings. The lowest BCUT2D eigenvalue weighted by molar-refractivity contribution is -0.0424. The zero-order valence-corrected chi connectivity index (χ0v) is 12.0. The fraction of sp³-hybridized carbons (Fsp3) is 1.00. The van der Waals surface area contributed by atoms with Gasteiger partial charge in [-0.2, -0.15) is 0 Å². The molecule has 2 atom stereocenters. The molecular formula is C14H30N2O. The van der Waals surface area contributed by atoms with Crippen molar-refractivity contribution in [2.24, 2.45) is 11.1 Å². The average Bonchev–Trinajstić information content (AvgIpc) is 2.26. The first-order valence-corrected chi connectivity index (χ1v) is 7.02. The Bertz CT molecular complexity index is 211. The van der Waals surface area contributed by atoms with Crippen molar-refractivity contribution in [3.8, 4) is 0 Å². The minimum Gasteiger partial charge on any atom is -0.374 e. The molecule has 0 aromatic rings. The van der Waals surface area contributed by atoms with E-state index in [1.807, 2.05) is 0 Å². The monoisotopic (exact) mass is 242 g/mol. The molecule has 1 aliphatic heterocycles. The summed E-state index contributed by atoms with van der Waals surface area (Å²) in [5.74, 6) is 0. The van der Waals surface area contributed by atoms with Gasteiger partial charge in [0.1, 0.15) is 0 Å². The molecule has 0 saturated carbocycles. The molecule has 0 spiro atoms. The summed E-state index contributed by atoms with van der Waals surface area (Å²) in [4.78, 5) is 2.48. The van der Waals surface area contributed by atoms with Crippen molar-refractivity contribution in [3.63, 3.8) is 0 Å². The zero-order chi connectivity index (χ0) is 12.9. The number of hydrogen-bond donors (Lipinski definition) is 1. The quantitative estimate of drug-likeness (QED) is 0.803. The van der Waals surface area contributed by atoms with Crippen molar-refractivity contribution >= 4 is 0 Å². The lowest BCUT2D eigenvalue weighted by atomic mass is 9.87. The van der Waals surface area contributed by atoms with Crippen molar-refractivity contribution in [3.05, 3.63) is 0 Å². The molecule has 2 unspecified atom stereocenters. The molecule has 0 aliphatic carbocycles. The van der Waals surface area contributed by atoms with E-state index in [1.165, 1.54) is 19.4 Å². The molecule has 0 aromatic carbocycles. The van der Waals surface area contributed by atoms with Crippen LogP contribution >= 0.6 is 0 Å². The van der Waals surface area contributed by atoms with E-state index in [9.17, 15) is 0 Å². The van der Waals surface area contributed by atoms with Crippen molar-refractivity contribution in [1.82, 2.24) is 4.90 Å². The lowest BCUT2D eigenvalue weighted by Crippen LogP contribution is -2.50. The number of ether oxygens (including phenoxy) is 1. The lowest BCUT2D eigenvalue weighted by Gasteiger charge is -2.36. The number of nitrogens with two attached hydrogens (primary N) is 1. The van der Waals surface area contributed by atoms with Crippen LogP contribution in [-0.2, 0) is 4.74 Å². The van der Waals surface area contributed by atoms with E-state index >= 15 is 0 Å². The SMILES string of the molecule is CCCN1CCOC(C(N)CCC(C)(C)C)C1. The van der Waals surface area contributed by atoms with E-state index in [2.05, 4.69) is 32.6 Å². The van der Waals surface area contributed by atoms with E-state index in [-0.39, 0.29) is 12.1 Å². The Morgan fingerprint density at radius 3 is 2.71 bits per heavy atom. The number of rotatable bonds is 5. The summed E-state index contributed by atoms with van der Waals surface area (Å²) in [6.07, 6.45) is 3.68. The van der Waals surface area contributed by atoms with Gasteiger partial charge in [-0.25, -0.2) is 0 Å². The van der Waals surface area contributed by atoms with E-state index < -0.39 is 0 Å². The number of morpholine rings is 1. The number of nitrogens with zero attached hydrogens (tertiary/aromatic N) is 1. The predicted molar refractivity (Wildman–Crippen MR) is 73.1 cm³/mol. The van der Waals surface area contributed by atoms with Crippen molar-refractivity contribution < 1.29 is 4.74 Å². The Morgan fingerprint density at radius 1 is 1.41 bits per heavy atom. The van der Waals surface area contributed by atoms with Crippen LogP contribution in [0, 0.1) is 5.41 Å². The van der Waals surface area contributed by atoms with E-state index in [4.69, 9.17) is 10.5 Å². The Kier molecular flexibility index (Phi) is 5.90. The molecule has 1 rings (SSSR count). The summed E-state index contributed by atoms with van der Waals surface area (Å²) in [5.41, 5.74) is 6.63. The highest BCUT2D eigenvalue weighted by atomic mass is 16.5. The summed E-state index contributed by atoms with van der Waals surface area (Å²) in [6.45, 7) is 13.1. The smallest absolute Gasteiger partial charge is 0.0853 e. The number of hydrogen-bond acceptors (Lipinski definition) is 3. The maximum Gasteiger partial charge on any atom is 0.0853 e. The van der Waals surface area contributed by atoms with Gasteiger partial charge in [-0.15, -0.1) is 0 Å². The Hall–Kier alpha value is -0.120. The first kappa shape index (κ1) is 14.9. The van der Waals surface area contributed by atoms with Gasteiger partial charge in [0.25, 0.3) is 0 Å². The van der Waals surface area contributed by atoms with E-state index in [0.29, 0.717) is 5.41 Å².